The molecule has 0 bridgehead atoms. The summed E-state index contributed by atoms with van der Waals surface area (Å²) in [6.45, 7) is 1.10. The molecule has 1 aliphatic rings. The highest BCUT2D eigenvalue weighted by Gasteiger charge is 2.23. The molecule has 3 aromatic rings. The number of nitrogens with zero attached hydrogens (tertiary/aromatic N) is 1. The number of carbonyl (C=O) groups is 2. The van der Waals surface area contributed by atoms with Crippen LogP contribution in [-0.4, -0.2) is 25.0 Å². The molecule has 0 saturated heterocycles. The second-order valence-electron chi connectivity index (χ2n) is 7.36. The second-order valence-corrected chi connectivity index (χ2v) is 7.36. The van der Waals surface area contributed by atoms with Crippen LogP contribution in [0.4, 0.5) is 15.8 Å². The van der Waals surface area contributed by atoms with Gasteiger partial charge in [0.25, 0.3) is 0 Å². The summed E-state index contributed by atoms with van der Waals surface area (Å²) in [5.41, 5.74) is 2.01. The summed E-state index contributed by atoms with van der Waals surface area (Å²) >= 11 is 0. The van der Waals surface area contributed by atoms with Crippen LogP contribution < -0.4 is 19.7 Å². The number of anilines is 2. The highest BCUT2D eigenvalue weighted by Crippen LogP contribution is 2.31. The van der Waals surface area contributed by atoms with E-state index in [1.54, 1.807) is 41.3 Å². The number of halogens is 1. The largest absolute Gasteiger partial charge is 0.490 e. The zero-order valence-electron chi connectivity index (χ0n) is 17.4. The molecule has 1 N–H and O–H groups in total. The first-order valence-electron chi connectivity index (χ1n) is 10.4. The normalized spacial score (nSPS) is 12.5. The maximum absolute atomic E-state index is 13.3. The van der Waals surface area contributed by atoms with Crippen molar-refractivity contribution in [1.82, 2.24) is 0 Å². The Hall–Kier alpha value is -3.87. The van der Waals surface area contributed by atoms with Gasteiger partial charge < -0.3 is 19.7 Å². The molecule has 4 rings (SSSR count). The minimum atomic E-state index is -0.317. The summed E-state index contributed by atoms with van der Waals surface area (Å²) < 4.78 is 24.5. The van der Waals surface area contributed by atoms with Gasteiger partial charge in [0.05, 0.1) is 12.2 Å². The Morgan fingerprint density at radius 2 is 1.84 bits per heavy atom. The van der Waals surface area contributed by atoms with Crippen molar-refractivity contribution in [2.75, 3.05) is 23.4 Å². The van der Waals surface area contributed by atoms with E-state index < -0.39 is 0 Å². The molecule has 7 heteroatoms. The van der Waals surface area contributed by atoms with Gasteiger partial charge in [-0.25, -0.2) is 4.39 Å². The van der Waals surface area contributed by atoms with E-state index in [1.165, 1.54) is 12.1 Å². The highest BCUT2D eigenvalue weighted by atomic mass is 19.1. The van der Waals surface area contributed by atoms with Gasteiger partial charge >= 0.3 is 0 Å². The lowest BCUT2D eigenvalue weighted by molar-refractivity contribution is -0.122. The average molecular weight is 434 g/mol. The zero-order chi connectivity index (χ0) is 22.3. The third kappa shape index (κ3) is 5.43. The van der Waals surface area contributed by atoms with Crippen LogP contribution in [0.15, 0.2) is 72.8 Å². The molecule has 0 atom stereocenters. The molecule has 0 spiro atoms. The number of para-hydroxylation sites is 2. The Balaban J connectivity index is 1.29. The number of hydrogen-bond donors (Lipinski definition) is 1. The molecular formula is C25H23FN2O4. The minimum absolute atomic E-state index is 0.0622. The molecule has 32 heavy (non-hydrogen) atoms. The Labute approximate surface area is 185 Å². The van der Waals surface area contributed by atoms with Gasteiger partial charge in [-0.2, -0.15) is 0 Å². The lowest BCUT2D eigenvalue weighted by atomic mass is 10.2. The molecule has 0 unspecified atom stereocenters. The second kappa shape index (κ2) is 9.96. The van der Waals surface area contributed by atoms with Gasteiger partial charge in [-0.1, -0.05) is 30.3 Å². The van der Waals surface area contributed by atoms with E-state index in [9.17, 15) is 14.0 Å². The fourth-order valence-electron chi connectivity index (χ4n) is 3.46. The van der Waals surface area contributed by atoms with Gasteiger partial charge in [-0.3, -0.25) is 9.59 Å². The van der Waals surface area contributed by atoms with E-state index in [0.29, 0.717) is 35.9 Å². The van der Waals surface area contributed by atoms with Crippen molar-refractivity contribution in [3.05, 3.63) is 84.2 Å². The van der Waals surface area contributed by atoms with E-state index >= 15 is 0 Å². The van der Waals surface area contributed by atoms with Crippen molar-refractivity contribution in [3.8, 4) is 11.5 Å². The van der Waals surface area contributed by atoms with Crippen LogP contribution in [0.1, 0.15) is 18.4 Å². The molecule has 0 fully saturated rings. The van der Waals surface area contributed by atoms with Crippen LogP contribution in [0, 0.1) is 5.82 Å². The number of carbonyl (C=O) groups excluding carboxylic acids is 2. The zero-order valence-corrected chi connectivity index (χ0v) is 17.4. The van der Waals surface area contributed by atoms with Crippen LogP contribution in [0.5, 0.6) is 11.5 Å². The van der Waals surface area contributed by atoms with Crippen LogP contribution >= 0.6 is 0 Å². The third-order valence-corrected chi connectivity index (χ3v) is 5.01. The summed E-state index contributed by atoms with van der Waals surface area (Å²) in [7, 11) is 0. The molecule has 1 heterocycles. The Kier molecular flexibility index (Phi) is 6.65. The molecule has 1 aliphatic heterocycles. The first-order valence-corrected chi connectivity index (χ1v) is 10.4. The summed E-state index contributed by atoms with van der Waals surface area (Å²) in [5.74, 6) is 0.521. The highest BCUT2D eigenvalue weighted by molar-refractivity contribution is 5.99. The van der Waals surface area contributed by atoms with E-state index in [4.69, 9.17) is 9.47 Å². The fraction of sp³-hybridized carbons (Fsp3) is 0.200. The maximum atomic E-state index is 13.3. The molecule has 0 aromatic heterocycles. The average Bonchev–Trinajstić information content (AvgIpc) is 2.81. The number of fused-ring (bicyclic) bond motifs is 1. The van der Waals surface area contributed by atoms with E-state index in [-0.39, 0.29) is 37.1 Å². The van der Waals surface area contributed by atoms with Crippen molar-refractivity contribution in [2.45, 2.75) is 19.4 Å². The van der Waals surface area contributed by atoms with Crippen molar-refractivity contribution in [2.24, 2.45) is 0 Å². The Morgan fingerprint density at radius 1 is 1.00 bits per heavy atom. The molecule has 0 saturated carbocycles. The van der Waals surface area contributed by atoms with Crippen LogP contribution in [0.25, 0.3) is 0 Å². The van der Waals surface area contributed by atoms with Crippen molar-refractivity contribution in [1.29, 1.82) is 0 Å². The Bertz CT molecular complexity index is 1120. The van der Waals surface area contributed by atoms with Crippen molar-refractivity contribution >= 4 is 23.2 Å². The lowest BCUT2D eigenvalue weighted by Gasteiger charge is -2.29. The summed E-state index contributed by atoms with van der Waals surface area (Å²) in [6.07, 6.45) is 0.155. The maximum Gasteiger partial charge on any atom is 0.227 e. The van der Waals surface area contributed by atoms with Crippen molar-refractivity contribution in [3.63, 3.8) is 0 Å². The van der Waals surface area contributed by atoms with Gasteiger partial charge in [0, 0.05) is 24.6 Å². The standard InChI is InChI=1S/C25H23FN2O4/c26-19-6-3-5-18(15-19)17-32-21-8-4-7-20(16-21)27-24(29)11-12-25(30)28-13-14-31-23-10-2-1-9-22(23)28/h1-10,15-16H,11-14,17H2,(H,27,29). The predicted molar refractivity (Wildman–Crippen MR) is 119 cm³/mol. The first kappa shape index (κ1) is 21.4. The van der Waals surface area contributed by atoms with Crippen LogP contribution in [0.3, 0.4) is 0 Å². The quantitative estimate of drug-likeness (QED) is 0.593. The van der Waals surface area contributed by atoms with Gasteiger partial charge in [0.15, 0.2) is 0 Å². The van der Waals surface area contributed by atoms with E-state index in [1.807, 2.05) is 24.3 Å². The third-order valence-electron chi connectivity index (χ3n) is 5.01. The molecular weight excluding hydrogens is 411 g/mol. The predicted octanol–water partition coefficient (Wildman–Crippen LogP) is 4.55. The number of hydrogen-bond acceptors (Lipinski definition) is 4. The topological polar surface area (TPSA) is 67.9 Å². The minimum Gasteiger partial charge on any atom is -0.490 e. The van der Waals surface area contributed by atoms with Crippen LogP contribution in [-0.2, 0) is 16.2 Å². The van der Waals surface area contributed by atoms with Gasteiger partial charge in [0.1, 0.15) is 30.5 Å². The number of nitrogens with one attached hydrogen (secondary N) is 1. The number of rotatable bonds is 7. The van der Waals surface area contributed by atoms with Gasteiger partial charge in [-0.15, -0.1) is 0 Å². The number of ether oxygens (including phenoxy) is 2. The molecule has 164 valence electrons. The molecule has 3 aromatic carbocycles. The molecule has 0 aliphatic carbocycles. The van der Waals surface area contributed by atoms with Crippen molar-refractivity contribution < 1.29 is 23.5 Å². The summed E-state index contributed by atoms with van der Waals surface area (Å²) in [6, 6.07) is 20.5. The molecule has 0 radical (unpaired) electrons. The van der Waals surface area contributed by atoms with E-state index in [2.05, 4.69) is 5.32 Å². The summed E-state index contributed by atoms with van der Waals surface area (Å²) in [5, 5.41) is 2.79. The smallest absolute Gasteiger partial charge is 0.227 e. The number of amides is 2. The van der Waals surface area contributed by atoms with E-state index in [0.717, 1.165) is 5.69 Å². The monoisotopic (exact) mass is 434 g/mol. The van der Waals surface area contributed by atoms with Gasteiger partial charge in [-0.05, 0) is 42.0 Å². The summed E-state index contributed by atoms with van der Waals surface area (Å²) in [4.78, 5) is 26.7. The Morgan fingerprint density at radius 3 is 2.72 bits per heavy atom. The number of benzene rings is 3. The first-order chi connectivity index (χ1) is 15.6. The van der Waals surface area contributed by atoms with Gasteiger partial charge in [0.2, 0.25) is 11.8 Å². The van der Waals surface area contributed by atoms with Crippen LogP contribution in [0.2, 0.25) is 0 Å². The molecule has 6 nitrogen and oxygen atoms in total. The fourth-order valence-corrected chi connectivity index (χ4v) is 3.46. The lowest BCUT2D eigenvalue weighted by Crippen LogP contribution is -2.38. The SMILES string of the molecule is O=C(CCC(=O)N1CCOc2ccccc21)Nc1cccc(OCc2cccc(F)c2)c1. The molecule has 2 amide bonds.